The van der Waals surface area contributed by atoms with Gasteiger partial charge in [-0.3, -0.25) is 4.79 Å². The minimum absolute atomic E-state index is 0.0288. The van der Waals surface area contributed by atoms with E-state index in [4.69, 9.17) is 9.26 Å². The smallest absolute Gasteiger partial charge is 0.317 e. The van der Waals surface area contributed by atoms with Crippen molar-refractivity contribution in [1.82, 2.24) is 10.1 Å². The Balaban J connectivity index is 1.45. The lowest BCUT2D eigenvalue weighted by Gasteiger charge is -2.39. The number of nitrogens with zero attached hydrogens (tertiary/aromatic N) is 2. The van der Waals surface area contributed by atoms with Gasteiger partial charge in [-0.05, 0) is 29.9 Å². The number of hydrogen-bond donors (Lipinski definition) is 0. The summed E-state index contributed by atoms with van der Waals surface area (Å²) >= 11 is 1.56. The monoisotopic (exact) mass is 340 g/mol. The fraction of sp³-hybridized carbons (Fsp3) is 0.278. The summed E-state index contributed by atoms with van der Waals surface area (Å²) in [5.41, 5.74) is 1.39. The number of carbonyl (C=O) groups excluding carboxylic acids is 1. The number of ether oxygens (including phenoxy) is 1. The average Bonchev–Trinajstić information content (AvgIpc) is 3.24. The molecule has 0 saturated heterocycles. The molecule has 1 aliphatic rings. The lowest BCUT2D eigenvalue weighted by molar-refractivity contribution is -0.156. The molecule has 3 aromatic rings. The van der Waals surface area contributed by atoms with Crippen molar-refractivity contribution in [2.45, 2.75) is 31.3 Å². The predicted molar refractivity (Wildman–Crippen MR) is 89.4 cm³/mol. The Hall–Kier alpha value is -2.47. The Bertz CT molecular complexity index is 823. The maximum absolute atomic E-state index is 12.6. The lowest BCUT2D eigenvalue weighted by atomic mass is 9.64. The van der Waals surface area contributed by atoms with Crippen molar-refractivity contribution in [2.24, 2.45) is 0 Å². The van der Waals surface area contributed by atoms with Crippen LogP contribution in [0.25, 0.3) is 11.5 Å². The van der Waals surface area contributed by atoms with Crippen LogP contribution in [-0.2, 0) is 21.6 Å². The van der Waals surface area contributed by atoms with Crippen molar-refractivity contribution in [3.8, 4) is 11.5 Å². The number of benzene rings is 1. The van der Waals surface area contributed by atoms with E-state index in [2.05, 4.69) is 10.1 Å². The quantitative estimate of drug-likeness (QED) is 0.658. The molecule has 1 aliphatic carbocycles. The van der Waals surface area contributed by atoms with Gasteiger partial charge < -0.3 is 9.26 Å². The molecule has 0 atom stereocenters. The topological polar surface area (TPSA) is 65.2 Å². The van der Waals surface area contributed by atoms with Gasteiger partial charge in [0.2, 0.25) is 5.82 Å². The summed E-state index contributed by atoms with van der Waals surface area (Å²) in [5, 5.41) is 7.76. The van der Waals surface area contributed by atoms with Gasteiger partial charge in [0.05, 0.1) is 11.0 Å². The average molecular weight is 340 g/mol. The number of aromatic nitrogens is 2. The predicted octanol–water partition coefficient (Wildman–Crippen LogP) is 3.96. The van der Waals surface area contributed by atoms with Crippen molar-refractivity contribution in [2.75, 3.05) is 0 Å². The van der Waals surface area contributed by atoms with Crippen LogP contribution in [0.5, 0.6) is 0 Å². The number of thiophene rings is 1. The summed E-state index contributed by atoms with van der Waals surface area (Å²) < 4.78 is 10.7. The van der Waals surface area contributed by atoms with Gasteiger partial charge in [0.25, 0.3) is 5.89 Å². The highest BCUT2D eigenvalue weighted by Gasteiger charge is 2.47. The Kier molecular flexibility index (Phi) is 3.90. The second kappa shape index (κ2) is 6.20. The summed E-state index contributed by atoms with van der Waals surface area (Å²) in [7, 11) is 0. The third kappa shape index (κ3) is 2.63. The first-order valence-electron chi connectivity index (χ1n) is 7.86. The molecule has 2 aromatic heterocycles. The Morgan fingerprint density at radius 3 is 2.75 bits per heavy atom. The van der Waals surface area contributed by atoms with E-state index >= 15 is 0 Å². The van der Waals surface area contributed by atoms with Gasteiger partial charge in [-0.25, -0.2) is 0 Å². The molecule has 122 valence electrons. The molecule has 0 bridgehead atoms. The number of hydrogen-bond acceptors (Lipinski definition) is 6. The van der Waals surface area contributed by atoms with Crippen LogP contribution in [0.15, 0.2) is 51.7 Å². The SMILES string of the molecule is O=C(OCc1noc(-c2ccsc2)n1)C1(c2ccccc2)CCC1. The highest BCUT2D eigenvalue weighted by atomic mass is 32.1. The molecule has 6 heteroatoms. The van der Waals surface area contributed by atoms with Crippen LogP contribution in [0, 0.1) is 0 Å². The second-order valence-corrected chi connectivity index (χ2v) is 6.69. The molecule has 1 aromatic carbocycles. The van der Waals surface area contributed by atoms with E-state index in [-0.39, 0.29) is 12.6 Å². The van der Waals surface area contributed by atoms with Crippen LogP contribution in [0.4, 0.5) is 0 Å². The Labute approximate surface area is 143 Å². The fourth-order valence-electron chi connectivity index (χ4n) is 2.98. The van der Waals surface area contributed by atoms with Crippen molar-refractivity contribution in [1.29, 1.82) is 0 Å². The molecule has 0 amide bonds. The first-order chi connectivity index (χ1) is 11.8. The molecule has 5 nitrogen and oxygen atoms in total. The van der Waals surface area contributed by atoms with E-state index in [9.17, 15) is 4.79 Å². The summed E-state index contributed by atoms with van der Waals surface area (Å²) in [4.78, 5) is 16.9. The van der Waals surface area contributed by atoms with Crippen molar-refractivity contribution in [3.05, 3.63) is 58.5 Å². The maximum Gasteiger partial charge on any atom is 0.317 e. The Morgan fingerprint density at radius 2 is 2.08 bits per heavy atom. The second-order valence-electron chi connectivity index (χ2n) is 5.91. The number of esters is 1. The normalized spacial score (nSPS) is 15.7. The molecule has 4 rings (SSSR count). The minimum atomic E-state index is -0.513. The van der Waals surface area contributed by atoms with E-state index in [1.165, 1.54) is 0 Å². The molecule has 1 saturated carbocycles. The molecule has 24 heavy (non-hydrogen) atoms. The first-order valence-corrected chi connectivity index (χ1v) is 8.80. The van der Waals surface area contributed by atoms with Gasteiger partial charge >= 0.3 is 5.97 Å². The number of rotatable bonds is 5. The highest BCUT2D eigenvalue weighted by molar-refractivity contribution is 7.08. The van der Waals surface area contributed by atoms with Crippen molar-refractivity contribution >= 4 is 17.3 Å². The van der Waals surface area contributed by atoms with Crippen LogP contribution < -0.4 is 0 Å². The molecule has 0 aliphatic heterocycles. The summed E-state index contributed by atoms with van der Waals surface area (Å²) in [6.07, 6.45) is 2.68. The molecule has 1 fully saturated rings. The summed E-state index contributed by atoms with van der Waals surface area (Å²) in [5.74, 6) is 0.623. The van der Waals surface area contributed by atoms with Crippen LogP contribution in [0.1, 0.15) is 30.7 Å². The fourth-order valence-corrected chi connectivity index (χ4v) is 3.61. The van der Waals surface area contributed by atoms with E-state index in [1.54, 1.807) is 11.3 Å². The third-order valence-electron chi connectivity index (χ3n) is 4.49. The van der Waals surface area contributed by atoms with Crippen molar-refractivity contribution < 1.29 is 14.1 Å². The van der Waals surface area contributed by atoms with Crippen LogP contribution in [0.2, 0.25) is 0 Å². The Morgan fingerprint density at radius 1 is 1.25 bits per heavy atom. The molecule has 0 spiro atoms. The molecular formula is C18H16N2O3S. The lowest BCUT2D eigenvalue weighted by Crippen LogP contribution is -2.43. The molecule has 0 radical (unpaired) electrons. The highest BCUT2D eigenvalue weighted by Crippen LogP contribution is 2.44. The van der Waals surface area contributed by atoms with Crippen LogP contribution in [0.3, 0.4) is 0 Å². The first kappa shape index (κ1) is 15.1. The molecular weight excluding hydrogens is 324 g/mol. The van der Waals surface area contributed by atoms with E-state index < -0.39 is 5.41 Å². The summed E-state index contributed by atoms with van der Waals surface area (Å²) in [6.45, 7) is 0.0288. The summed E-state index contributed by atoms with van der Waals surface area (Å²) in [6, 6.07) is 11.7. The molecule has 0 unspecified atom stereocenters. The van der Waals surface area contributed by atoms with Crippen LogP contribution in [-0.4, -0.2) is 16.1 Å². The standard InChI is InChI=1S/C18H16N2O3S/c21-17(18(8-4-9-18)14-5-2-1-3-6-14)22-11-15-19-16(23-20-15)13-7-10-24-12-13/h1-3,5-7,10,12H,4,8-9,11H2. The van der Waals surface area contributed by atoms with Gasteiger partial charge in [-0.15, -0.1) is 0 Å². The van der Waals surface area contributed by atoms with E-state index in [1.807, 2.05) is 47.2 Å². The zero-order chi connectivity index (χ0) is 16.4. The zero-order valence-electron chi connectivity index (χ0n) is 13.0. The molecule has 2 heterocycles. The minimum Gasteiger partial charge on any atom is -0.457 e. The number of carbonyl (C=O) groups is 1. The van der Waals surface area contributed by atoms with Gasteiger partial charge in [-0.2, -0.15) is 16.3 Å². The zero-order valence-corrected chi connectivity index (χ0v) is 13.8. The molecule has 0 N–H and O–H groups in total. The van der Waals surface area contributed by atoms with Crippen LogP contribution >= 0.6 is 11.3 Å². The maximum atomic E-state index is 12.6. The van der Waals surface area contributed by atoms with Gasteiger partial charge in [0.15, 0.2) is 6.61 Å². The van der Waals surface area contributed by atoms with E-state index in [0.29, 0.717) is 11.7 Å². The van der Waals surface area contributed by atoms with Gasteiger partial charge in [0.1, 0.15) is 0 Å². The van der Waals surface area contributed by atoms with Gasteiger partial charge in [-0.1, -0.05) is 41.9 Å². The largest absolute Gasteiger partial charge is 0.457 e. The van der Waals surface area contributed by atoms with Crippen molar-refractivity contribution in [3.63, 3.8) is 0 Å². The third-order valence-corrected chi connectivity index (χ3v) is 5.18. The van der Waals surface area contributed by atoms with E-state index in [0.717, 1.165) is 30.4 Å². The van der Waals surface area contributed by atoms with Gasteiger partial charge in [0, 0.05) is 5.38 Å².